The highest BCUT2D eigenvalue weighted by Crippen LogP contribution is 2.19. The lowest BCUT2D eigenvalue weighted by atomic mass is 10.2. The molecular formula is C14H24N2O6. The van der Waals surface area contributed by atoms with Crippen LogP contribution in [0.5, 0.6) is 0 Å². The van der Waals surface area contributed by atoms with Gasteiger partial charge in [-0.3, -0.25) is 0 Å². The summed E-state index contributed by atoms with van der Waals surface area (Å²) in [5.41, 5.74) is 0. The second-order valence-electron chi connectivity index (χ2n) is 5.97. The summed E-state index contributed by atoms with van der Waals surface area (Å²) in [6.07, 6.45) is -0.359. The maximum atomic E-state index is 11.8. The number of aliphatic hydroxyl groups is 2. The Bertz CT molecular complexity index is 380. The molecule has 2 aliphatic heterocycles. The first-order valence-electron chi connectivity index (χ1n) is 7.73. The molecule has 0 radical (unpaired) electrons. The molecule has 0 aromatic carbocycles. The second kappa shape index (κ2) is 7.36. The predicted octanol–water partition coefficient (Wildman–Crippen LogP) is -0.407. The highest BCUT2D eigenvalue weighted by Gasteiger charge is 2.37. The molecule has 22 heavy (non-hydrogen) atoms. The van der Waals surface area contributed by atoms with Crippen LogP contribution in [-0.4, -0.2) is 69.7 Å². The van der Waals surface area contributed by atoms with Crippen LogP contribution in [0, 0.1) is 0 Å². The Morgan fingerprint density at radius 1 is 0.909 bits per heavy atom. The molecule has 126 valence electrons. The van der Waals surface area contributed by atoms with Gasteiger partial charge in [-0.1, -0.05) is 0 Å². The minimum atomic E-state index is -1.96. The molecule has 8 nitrogen and oxygen atoms in total. The van der Waals surface area contributed by atoms with Crippen molar-refractivity contribution >= 4 is 11.9 Å². The highest BCUT2D eigenvalue weighted by molar-refractivity contribution is 5.85. The van der Waals surface area contributed by atoms with Gasteiger partial charge in [-0.05, 0) is 39.5 Å². The van der Waals surface area contributed by atoms with Gasteiger partial charge in [-0.15, -0.1) is 10.1 Å². The van der Waals surface area contributed by atoms with E-state index >= 15 is 0 Å². The molecule has 2 heterocycles. The van der Waals surface area contributed by atoms with Gasteiger partial charge in [0.05, 0.1) is 0 Å². The molecule has 0 spiro atoms. The van der Waals surface area contributed by atoms with Crippen LogP contribution in [-0.2, 0) is 19.3 Å². The van der Waals surface area contributed by atoms with E-state index < -0.39 is 24.1 Å². The van der Waals surface area contributed by atoms with Gasteiger partial charge in [0.25, 0.3) is 0 Å². The Morgan fingerprint density at radius 2 is 1.27 bits per heavy atom. The predicted molar refractivity (Wildman–Crippen MR) is 75.0 cm³/mol. The van der Waals surface area contributed by atoms with E-state index in [1.54, 1.807) is 0 Å². The third-order valence-electron chi connectivity index (χ3n) is 4.18. The molecule has 2 unspecified atom stereocenters. The Kier molecular flexibility index (Phi) is 5.74. The van der Waals surface area contributed by atoms with Crippen LogP contribution in [0.15, 0.2) is 0 Å². The standard InChI is InChI=1S/C14H24N2O6/c1-9-5-3-7-15(9)21-13(19)11(17)12(18)14(20)22-16-8-4-6-10(16)2/h9-12,17-18H,3-8H2,1-2H3/t9-,10-,11?,12?/m1/s1. The molecule has 0 bridgehead atoms. The van der Waals surface area contributed by atoms with Gasteiger partial charge in [0, 0.05) is 25.2 Å². The number of nitrogens with zero attached hydrogens (tertiary/aromatic N) is 2. The Labute approximate surface area is 129 Å². The van der Waals surface area contributed by atoms with E-state index in [0.717, 1.165) is 25.7 Å². The van der Waals surface area contributed by atoms with Crippen molar-refractivity contribution in [1.29, 1.82) is 0 Å². The largest absolute Gasteiger partial charge is 0.379 e. The maximum absolute atomic E-state index is 11.8. The van der Waals surface area contributed by atoms with Crippen LogP contribution in [0.1, 0.15) is 39.5 Å². The van der Waals surface area contributed by atoms with Crippen molar-refractivity contribution < 1.29 is 29.5 Å². The van der Waals surface area contributed by atoms with Crippen LogP contribution in [0.3, 0.4) is 0 Å². The van der Waals surface area contributed by atoms with E-state index in [1.165, 1.54) is 10.1 Å². The quantitative estimate of drug-likeness (QED) is 0.706. The normalized spacial score (nSPS) is 29.3. The summed E-state index contributed by atoms with van der Waals surface area (Å²) in [6, 6.07) is 0.122. The number of hydrogen-bond donors (Lipinski definition) is 2. The van der Waals surface area contributed by atoms with Crippen LogP contribution < -0.4 is 0 Å². The Morgan fingerprint density at radius 3 is 1.55 bits per heavy atom. The molecule has 0 aromatic heterocycles. The smallest absolute Gasteiger partial charge is 0.357 e. The van der Waals surface area contributed by atoms with Gasteiger partial charge in [-0.25, -0.2) is 9.59 Å². The van der Waals surface area contributed by atoms with Crippen molar-refractivity contribution in [2.24, 2.45) is 0 Å². The fourth-order valence-corrected chi connectivity index (χ4v) is 2.68. The summed E-state index contributed by atoms with van der Waals surface area (Å²) in [5.74, 6) is -2.10. The zero-order chi connectivity index (χ0) is 16.3. The van der Waals surface area contributed by atoms with Gasteiger partial charge in [0.2, 0.25) is 0 Å². The number of hydroxylamine groups is 4. The maximum Gasteiger partial charge on any atom is 0.357 e. The summed E-state index contributed by atoms with van der Waals surface area (Å²) >= 11 is 0. The van der Waals surface area contributed by atoms with Gasteiger partial charge in [0.1, 0.15) is 0 Å². The average molecular weight is 316 g/mol. The number of carbonyl (C=O) groups is 2. The first-order chi connectivity index (χ1) is 10.4. The summed E-state index contributed by atoms with van der Waals surface area (Å²) in [4.78, 5) is 33.6. The van der Waals surface area contributed by atoms with Crippen LogP contribution in [0.2, 0.25) is 0 Å². The van der Waals surface area contributed by atoms with E-state index in [2.05, 4.69) is 0 Å². The van der Waals surface area contributed by atoms with Crippen molar-refractivity contribution in [3.05, 3.63) is 0 Å². The molecule has 4 atom stereocenters. The average Bonchev–Trinajstić information content (AvgIpc) is 3.07. The van der Waals surface area contributed by atoms with Crippen molar-refractivity contribution in [2.75, 3.05) is 13.1 Å². The number of carbonyl (C=O) groups excluding carboxylic acids is 2. The molecule has 2 fully saturated rings. The Balaban J connectivity index is 1.83. The van der Waals surface area contributed by atoms with Gasteiger partial charge in [-0.2, -0.15) is 0 Å². The fraction of sp³-hybridized carbons (Fsp3) is 0.857. The van der Waals surface area contributed by atoms with Crippen molar-refractivity contribution in [3.8, 4) is 0 Å². The van der Waals surface area contributed by atoms with E-state index in [0.29, 0.717) is 13.1 Å². The van der Waals surface area contributed by atoms with Gasteiger partial charge >= 0.3 is 11.9 Å². The molecular weight excluding hydrogens is 292 g/mol. The lowest BCUT2D eigenvalue weighted by Gasteiger charge is -2.24. The fourth-order valence-electron chi connectivity index (χ4n) is 2.68. The first kappa shape index (κ1) is 17.1. The molecule has 0 amide bonds. The zero-order valence-corrected chi connectivity index (χ0v) is 13.0. The Hall–Kier alpha value is -1.22. The van der Waals surface area contributed by atoms with Crippen LogP contribution in [0.4, 0.5) is 0 Å². The molecule has 2 rings (SSSR count). The topological polar surface area (TPSA) is 99.5 Å². The SMILES string of the molecule is C[C@@H]1CCCN1OC(=O)C(O)C(O)C(=O)ON1CCC[C@H]1C. The third-order valence-corrected chi connectivity index (χ3v) is 4.18. The zero-order valence-electron chi connectivity index (χ0n) is 13.0. The highest BCUT2D eigenvalue weighted by atomic mass is 16.7. The number of aliphatic hydroxyl groups excluding tert-OH is 2. The lowest BCUT2D eigenvalue weighted by Crippen LogP contribution is -2.46. The minimum Gasteiger partial charge on any atom is -0.379 e. The monoisotopic (exact) mass is 316 g/mol. The second-order valence-corrected chi connectivity index (χ2v) is 5.97. The van der Waals surface area contributed by atoms with E-state index in [-0.39, 0.29) is 12.1 Å². The van der Waals surface area contributed by atoms with E-state index in [9.17, 15) is 19.8 Å². The molecule has 2 saturated heterocycles. The number of rotatable bonds is 5. The van der Waals surface area contributed by atoms with Crippen LogP contribution in [0.25, 0.3) is 0 Å². The summed E-state index contributed by atoms with van der Waals surface area (Å²) in [6.45, 7) is 4.94. The minimum absolute atomic E-state index is 0.0608. The summed E-state index contributed by atoms with van der Waals surface area (Å²) < 4.78 is 0. The molecule has 0 saturated carbocycles. The van der Waals surface area contributed by atoms with E-state index in [1.807, 2.05) is 13.8 Å². The van der Waals surface area contributed by atoms with Gasteiger partial charge in [0.15, 0.2) is 12.2 Å². The van der Waals surface area contributed by atoms with Crippen LogP contribution >= 0.6 is 0 Å². The molecule has 0 aliphatic carbocycles. The summed E-state index contributed by atoms with van der Waals surface area (Å²) in [5, 5.41) is 22.4. The lowest BCUT2D eigenvalue weighted by molar-refractivity contribution is -0.221. The van der Waals surface area contributed by atoms with Gasteiger partial charge < -0.3 is 19.9 Å². The summed E-state index contributed by atoms with van der Waals surface area (Å²) in [7, 11) is 0. The molecule has 8 heteroatoms. The van der Waals surface area contributed by atoms with Crippen molar-refractivity contribution in [1.82, 2.24) is 10.1 Å². The first-order valence-corrected chi connectivity index (χ1v) is 7.73. The number of hydrogen-bond acceptors (Lipinski definition) is 8. The van der Waals surface area contributed by atoms with Crippen molar-refractivity contribution in [2.45, 2.75) is 63.8 Å². The van der Waals surface area contributed by atoms with E-state index in [4.69, 9.17) is 9.68 Å². The molecule has 0 aromatic rings. The molecule has 2 aliphatic rings. The third kappa shape index (κ3) is 3.95. The molecule has 2 N–H and O–H groups in total. The van der Waals surface area contributed by atoms with Crippen molar-refractivity contribution in [3.63, 3.8) is 0 Å².